The smallest absolute Gasteiger partial charge is 0.240 e. The van der Waals surface area contributed by atoms with Crippen LogP contribution in [0, 0.1) is 12.8 Å². The summed E-state index contributed by atoms with van der Waals surface area (Å²) in [5, 5.41) is 2.95. The first-order valence-corrected chi connectivity index (χ1v) is 11.2. The predicted molar refractivity (Wildman–Crippen MR) is 110 cm³/mol. The minimum absolute atomic E-state index is 0.0148. The Bertz CT molecular complexity index is 940. The van der Waals surface area contributed by atoms with Gasteiger partial charge < -0.3 is 10.1 Å². The lowest BCUT2D eigenvalue weighted by molar-refractivity contribution is -0.126. The van der Waals surface area contributed by atoms with Gasteiger partial charge in [0.2, 0.25) is 15.9 Å². The number of methoxy groups -OCH3 is 1. The fourth-order valence-corrected chi connectivity index (χ4v) is 5.00. The molecule has 1 amide bonds. The van der Waals surface area contributed by atoms with Crippen molar-refractivity contribution < 1.29 is 17.9 Å². The van der Waals surface area contributed by atoms with Crippen LogP contribution < -0.4 is 14.8 Å². The van der Waals surface area contributed by atoms with E-state index in [9.17, 15) is 13.2 Å². The third-order valence-corrected chi connectivity index (χ3v) is 6.80. The summed E-state index contributed by atoms with van der Waals surface area (Å²) in [6.45, 7) is 2.27. The SMILES string of the molecule is COc1ccc(S(=O)(=O)NC2CCC(C(=O)NCc3cccnc3)CC2)cc1C. The molecule has 29 heavy (non-hydrogen) atoms. The van der Waals surface area contributed by atoms with Gasteiger partial charge in [-0.3, -0.25) is 9.78 Å². The highest BCUT2D eigenvalue weighted by Crippen LogP contribution is 2.27. The molecular formula is C21H27N3O4S. The standard InChI is InChI=1S/C21H27N3O4S/c1-15-12-19(9-10-20(15)28-2)29(26,27)24-18-7-5-17(6-8-18)21(25)23-14-16-4-3-11-22-13-16/h3-4,9-13,17-18,24H,5-8,14H2,1-2H3,(H,23,25). The topological polar surface area (TPSA) is 97.4 Å². The molecule has 8 heteroatoms. The Balaban J connectivity index is 1.51. The predicted octanol–water partition coefficient (Wildman–Crippen LogP) is 2.55. The van der Waals surface area contributed by atoms with Gasteiger partial charge in [0.25, 0.3) is 0 Å². The van der Waals surface area contributed by atoms with Crippen LogP contribution in [0.1, 0.15) is 36.8 Å². The molecule has 2 aromatic rings. The molecule has 156 valence electrons. The van der Waals surface area contributed by atoms with E-state index in [4.69, 9.17) is 4.74 Å². The first kappa shape index (κ1) is 21.3. The van der Waals surface area contributed by atoms with E-state index in [0.29, 0.717) is 38.0 Å². The molecule has 0 unspecified atom stereocenters. The van der Waals surface area contributed by atoms with E-state index in [1.807, 2.05) is 19.1 Å². The van der Waals surface area contributed by atoms with Crippen molar-refractivity contribution in [2.45, 2.75) is 50.1 Å². The average Bonchev–Trinajstić information content (AvgIpc) is 2.73. The Morgan fingerprint density at radius 2 is 1.97 bits per heavy atom. The van der Waals surface area contributed by atoms with E-state index >= 15 is 0 Å². The fraction of sp³-hybridized carbons (Fsp3) is 0.429. The Labute approximate surface area is 171 Å². The maximum absolute atomic E-state index is 12.7. The number of rotatable bonds is 7. The number of aromatic nitrogens is 1. The number of pyridine rings is 1. The second kappa shape index (κ2) is 9.37. The van der Waals surface area contributed by atoms with Gasteiger partial charge >= 0.3 is 0 Å². The summed E-state index contributed by atoms with van der Waals surface area (Å²) in [5.74, 6) is 0.582. The van der Waals surface area contributed by atoms with E-state index in [0.717, 1.165) is 11.1 Å². The first-order valence-electron chi connectivity index (χ1n) is 9.72. The van der Waals surface area contributed by atoms with Gasteiger partial charge in [0.05, 0.1) is 12.0 Å². The van der Waals surface area contributed by atoms with E-state index in [1.54, 1.807) is 37.7 Å². The van der Waals surface area contributed by atoms with Gasteiger partial charge in [0.1, 0.15) is 5.75 Å². The van der Waals surface area contributed by atoms with Crippen molar-refractivity contribution in [1.29, 1.82) is 0 Å². The normalized spacial score (nSPS) is 19.5. The molecule has 0 aliphatic heterocycles. The van der Waals surface area contributed by atoms with Crippen LogP contribution in [0.3, 0.4) is 0 Å². The molecule has 1 aliphatic rings. The molecule has 1 aromatic heterocycles. The number of carbonyl (C=O) groups is 1. The Kier molecular flexibility index (Phi) is 6.87. The number of nitrogens with zero attached hydrogens (tertiary/aromatic N) is 1. The lowest BCUT2D eigenvalue weighted by Crippen LogP contribution is -2.40. The average molecular weight is 418 g/mol. The van der Waals surface area contributed by atoms with Crippen LogP contribution in [0.2, 0.25) is 0 Å². The highest BCUT2D eigenvalue weighted by molar-refractivity contribution is 7.89. The zero-order valence-corrected chi connectivity index (χ0v) is 17.5. The van der Waals surface area contributed by atoms with Crippen LogP contribution in [-0.2, 0) is 21.4 Å². The molecule has 0 atom stereocenters. The van der Waals surface area contributed by atoms with E-state index in [-0.39, 0.29) is 22.8 Å². The molecule has 3 rings (SSSR count). The summed E-state index contributed by atoms with van der Waals surface area (Å²) >= 11 is 0. The molecule has 0 bridgehead atoms. The molecule has 1 fully saturated rings. The molecule has 7 nitrogen and oxygen atoms in total. The van der Waals surface area contributed by atoms with E-state index < -0.39 is 10.0 Å². The largest absolute Gasteiger partial charge is 0.496 e. The van der Waals surface area contributed by atoms with Gasteiger partial charge in [-0.05, 0) is 68.0 Å². The molecule has 1 saturated carbocycles. The van der Waals surface area contributed by atoms with Crippen molar-refractivity contribution in [3.63, 3.8) is 0 Å². The summed E-state index contributed by atoms with van der Waals surface area (Å²) in [7, 11) is -2.05. The first-order chi connectivity index (χ1) is 13.9. The van der Waals surface area contributed by atoms with E-state index in [2.05, 4.69) is 15.0 Å². The van der Waals surface area contributed by atoms with Crippen LogP contribution >= 0.6 is 0 Å². The number of benzene rings is 1. The number of hydrogen-bond donors (Lipinski definition) is 2. The second-order valence-corrected chi connectivity index (χ2v) is 9.09. The summed E-state index contributed by atoms with van der Waals surface area (Å²) in [6.07, 6.45) is 6.02. The molecule has 1 aromatic carbocycles. The number of sulfonamides is 1. The quantitative estimate of drug-likeness (QED) is 0.722. The van der Waals surface area contributed by atoms with Gasteiger partial charge in [0.15, 0.2) is 0 Å². The zero-order valence-electron chi connectivity index (χ0n) is 16.7. The monoisotopic (exact) mass is 417 g/mol. The lowest BCUT2D eigenvalue weighted by atomic mass is 9.86. The molecule has 1 aliphatic carbocycles. The van der Waals surface area contributed by atoms with Crippen LogP contribution in [0.15, 0.2) is 47.6 Å². The number of nitrogens with one attached hydrogen (secondary N) is 2. The minimum Gasteiger partial charge on any atom is -0.496 e. The van der Waals surface area contributed by atoms with Crippen LogP contribution in [0.4, 0.5) is 0 Å². The summed E-state index contributed by atoms with van der Waals surface area (Å²) in [5.41, 5.74) is 1.72. The van der Waals surface area contributed by atoms with Gasteiger partial charge in [-0.1, -0.05) is 6.07 Å². The van der Waals surface area contributed by atoms with Gasteiger partial charge in [-0.25, -0.2) is 13.1 Å². The van der Waals surface area contributed by atoms with Crippen molar-refractivity contribution in [3.05, 3.63) is 53.9 Å². The molecule has 1 heterocycles. The van der Waals surface area contributed by atoms with Crippen molar-refractivity contribution in [2.75, 3.05) is 7.11 Å². The highest BCUT2D eigenvalue weighted by atomic mass is 32.2. The molecule has 2 N–H and O–H groups in total. The summed E-state index contributed by atoms with van der Waals surface area (Å²) in [6, 6.07) is 8.41. The van der Waals surface area contributed by atoms with Gasteiger partial charge in [0, 0.05) is 30.9 Å². The second-order valence-electron chi connectivity index (χ2n) is 7.38. The van der Waals surface area contributed by atoms with Crippen LogP contribution in [-0.4, -0.2) is 32.5 Å². The maximum atomic E-state index is 12.7. The number of carbonyl (C=O) groups excluding carboxylic acids is 1. The van der Waals surface area contributed by atoms with Crippen LogP contribution in [0.5, 0.6) is 5.75 Å². The Morgan fingerprint density at radius 1 is 1.21 bits per heavy atom. The highest BCUT2D eigenvalue weighted by Gasteiger charge is 2.29. The number of ether oxygens (including phenoxy) is 1. The Hall–Kier alpha value is -2.45. The lowest BCUT2D eigenvalue weighted by Gasteiger charge is -2.28. The van der Waals surface area contributed by atoms with Crippen molar-refractivity contribution in [1.82, 2.24) is 15.0 Å². The third kappa shape index (κ3) is 5.55. The van der Waals surface area contributed by atoms with Crippen molar-refractivity contribution in [2.24, 2.45) is 5.92 Å². The maximum Gasteiger partial charge on any atom is 0.240 e. The molecule has 0 saturated heterocycles. The molecular weight excluding hydrogens is 390 g/mol. The zero-order chi connectivity index (χ0) is 20.9. The minimum atomic E-state index is -3.60. The number of hydrogen-bond acceptors (Lipinski definition) is 5. The van der Waals surface area contributed by atoms with Crippen LogP contribution in [0.25, 0.3) is 0 Å². The molecule has 0 radical (unpaired) electrons. The summed E-state index contributed by atoms with van der Waals surface area (Å²) < 4.78 is 33.4. The van der Waals surface area contributed by atoms with Gasteiger partial charge in [-0.15, -0.1) is 0 Å². The third-order valence-electron chi connectivity index (χ3n) is 5.29. The molecule has 0 spiro atoms. The summed E-state index contributed by atoms with van der Waals surface area (Å²) in [4.78, 5) is 16.7. The van der Waals surface area contributed by atoms with Gasteiger partial charge in [-0.2, -0.15) is 0 Å². The van der Waals surface area contributed by atoms with E-state index in [1.165, 1.54) is 0 Å². The number of amides is 1. The fourth-order valence-electron chi connectivity index (χ4n) is 3.62. The van der Waals surface area contributed by atoms with Crippen molar-refractivity contribution in [3.8, 4) is 5.75 Å². The van der Waals surface area contributed by atoms with Crippen molar-refractivity contribution >= 4 is 15.9 Å². The number of aryl methyl sites for hydroxylation is 1. The Morgan fingerprint density at radius 3 is 2.59 bits per heavy atom.